The maximum Gasteiger partial charge on any atom is 0.409 e. The highest BCUT2D eigenvalue weighted by molar-refractivity contribution is 5.85. The molecule has 6 heteroatoms. The molecule has 2 amide bonds. The summed E-state index contributed by atoms with van der Waals surface area (Å²) in [5.41, 5.74) is 1.06. The van der Waals surface area contributed by atoms with Crippen LogP contribution >= 0.6 is 0 Å². The summed E-state index contributed by atoms with van der Waals surface area (Å²) in [4.78, 5) is 25.9. The van der Waals surface area contributed by atoms with Gasteiger partial charge in [0.25, 0.3) is 0 Å². The second-order valence-corrected chi connectivity index (χ2v) is 6.73. The minimum atomic E-state index is -0.288. The molecule has 144 valence electrons. The maximum absolute atomic E-state index is 12.5. The van der Waals surface area contributed by atoms with Crippen LogP contribution in [-0.2, 0) is 16.1 Å². The van der Waals surface area contributed by atoms with Gasteiger partial charge in [-0.1, -0.05) is 18.2 Å². The number of nitrogens with one attached hydrogen (secondary N) is 1. The van der Waals surface area contributed by atoms with Gasteiger partial charge in [0, 0.05) is 25.6 Å². The number of carbonyl (C=O) groups is 2. The van der Waals surface area contributed by atoms with E-state index in [0.29, 0.717) is 39.1 Å². The summed E-state index contributed by atoms with van der Waals surface area (Å²) >= 11 is 0. The van der Waals surface area contributed by atoms with Crippen LogP contribution in [0, 0.1) is 5.92 Å². The third-order valence-electron chi connectivity index (χ3n) is 4.97. The van der Waals surface area contributed by atoms with Gasteiger partial charge in [-0.3, -0.25) is 4.79 Å². The molecule has 0 bridgehead atoms. The number of carbonyl (C=O) groups excluding carboxylic acids is 2. The quantitative estimate of drug-likeness (QED) is 0.877. The molecule has 1 aliphatic rings. The second-order valence-electron chi connectivity index (χ2n) is 6.73. The Morgan fingerprint density at radius 3 is 2.52 bits per heavy atom. The van der Waals surface area contributed by atoms with Gasteiger partial charge in [0.2, 0.25) is 5.91 Å². The van der Waals surface area contributed by atoms with Crippen LogP contribution in [0.5, 0.6) is 5.75 Å². The SMILES string of the molecule is CCOC(=O)N1CCC(C(=O)NCc2ccc3cc(OC)ccc3c2)CC1. The molecule has 1 aliphatic heterocycles. The van der Waals surface area contributed by atoms with Gasteiger partial charge in [-0.2, -0.15) is 0 Å². The van der Waals surface area contributed by atoms with Crippen molar-refractivity contribution in [3.8, 4) is 5.75 Å². The largest absolute Gasteiger partial charge is 0.497 e. The Kier molecular flexibility index (Phi) is 6.16. The number of amides is 2. The van der Waals surface area contributed by atoms with Crippen molar-refractivity contribution in [1.29, 1.82) is 0 Å². The Labute approximate surface area is 159 Å². The highest BCUT2D eigenvalue weighted by Crippen LogP contribution is 2.22. The molecule has 1 N–H and O–H groups in total. The molecule has 1 saturated heterocycles. The minimum absolute atomic E-state index is 0.0494. The Morgan fingerprint density at radius 2 is 1.81 bits per heavy atom. The monoisotopic (exact) mass is 370 g/mol. The number of nitrogens with zero attached hydrogens (tertiary/aromatic N) is 1. The lowest BCUT2D eigenvalue weighted by Crippen LogP contribution is -2.43. The first-order valence-corrected chi connectivity index (χ1v) is 9.36. The van der Waals surface area contributed by atoms with Crippen molar-refractivity contribution in [2.24, 2.45) is 5.92 Å². The average Bonchev–Trinajstić information content (AvgIpc) is 2.71. The molecule has 2 aromatic carbocycles. The highest BCUT2D eigenvalue weighted by atomic mass is 16.6. The van der Waals surface area contributed by atoms with Crippen LogP contribution in [0.3, 0.4) is 0 Å². The molecule has 0 spiro atoms. The summed E-state index contributed by atoms with van der Waals surface area (Å²) in [6.45, 7) is 3.79. The topological polar surface area (TPSA) is 67.9 Å². The summed E-state index contributed by atoms with van der Waals surface area (Å²) in [5.74, 6) is 0.825. The van der Waals surface area contributed by atoms with E-state index in [4.69, 9.17) is 9.47 Å². The van der Waals surface area contributed by atoms with Crippen molar-refractivity contribution in [3.05, 3.63) is 42.0 Å². The van der Waals surface area contributed by atoms with Gasteiger partial charge in [-0.05, 0) is 54.3 Å². The van der Waals surface area contributed by atoms with Crippen molar-refractivity contribution in [3.63, 3.8) is 0 Å². The van der Waals surface area contributed by atoms with Crippen molar-refractivity contribution in [2.75, 3.05) is 26.8 Å². The number of rotatable bonds is 5. The molecule has 6 nitrogen and oxygen atoms in total. The van der Waals surface area contributed by atoms with E-state index in [1.165, 1.54) is 0 Å². The summed E-state index contributed by atoms with van der Waals surface area (Å²) < 4.78 is 10.3. The van der Waals surface area contributed by atoms with E-state index in [0.717, 1.165) is 22.1 Å². The predicted octanol–water partition coefficient (Wildman–Crippen LogP) is 3.33. The molecule has 0 unspecified atom stereocenters. The number of hydrogen-bond acceptors (Lipinski definition) is 4. The number of likely N-dealkylation sites (tertiary alicyclic amines) is 1. The Morgan fingerprint density at radius 1 is 1.11 bits per heavy atom. The van der Waals surface area contributed by atoms with Gasteiger partial charge in [-0.15, -0.1) is 0 Å². The Hall–Kier alpha value is -2.76. The van der Waals surface area contributed by atoms with Crippen LogP contribution in [0.25, 0.3) is 10.8 Å². The van der Waals surface area contributed by atoms with Crippen molar-refractivity contribution < 1.29 is 19.1 Å². The maximum atomic E-state index is 12.5. The van der Waals surface area contributed by atoms with Gasteiger partial charge < -0.3 is 19.7 Å². The molecule has 3 rings (SSSR count). The number of hydrogen-bond donors (Lipinski definition) is 1. The zero-order chi connectivity index (χ0) is 19.2. The van der Waals surface area contributed by atoms with Gasteiger partial charge in [-0.25, -0.2) is 4.79 Å². The van der Waals surface area contributed by atoms with Crippen molar-refractivity contribution >= 4 is 22.8 Å². The Bertz CT molecular complexity index is 813. The minimum Gasteiger partial charge on any atom is -0.497 e. The molecule has 0 atom stereocenters. The van der Waals surface area contributed by atoms with Gasteiger partial charge in [0.1, 0.15) is 5.75 Å². The Balaban J connectivity index is 1.52. The molecule has 27 heavy (non-hydrogen) atoms. The van der Waals surface area contributed by atoms with Crippen molar-refractivity contribution in [1.82, 2.24) is 10.2 Å². The molecule has 2 aromatic rings. The lowest BCUT2D eigenvalue weighted by atomic mass is 9.96. The van der Waals surface area contributed by atoms with Crippen LogP contribution in [-0.4, -0.2) is 43.7 Å². The molecule has 1 heterocycles. The first-order valence-electron chi connectivity index (χ1n) is 9.36. The fourth-order valence-corrected chi connectivity index (χ4v) is 3.38. The van der Waals surface area contributed by atoms with Gasteiger partial charge in [0.15, 0.2) is 0 Å². The number of ether oxygens (including phenoxy) is 2. The zero-order valence-corrected chi connectivity index (χ0v) is 15.9. The third kappa shape index (κ3) is 4.70. The van der Waals surface area contributed by atoms with E-state index in [9.17, 15) is 9.59 Å². The number of fused-ring (bicyclic) bond motifs is 1. The predicted molar refractivity (Wildman–Crippen MR) is 104 cm³/mol. The fourth-order valence-electron chi connectivity index (χ4n) is 3.38. The van der Waals surface area contributed by atoms with Crippen LogP contribution in [0.4, 0.5) is 4.79 Å². The average molecular weight is 370 g/mol. The van der Waals surface area contributed by atoms with Crippen LogP contribution in [0.2, 0.25) is 0 Å². The summed E-state index contributed by atoms with van der Waals surface area (Å²) in [6, 6.07) is 12.1. The smallest absolute Gasteiger partial charge is 0.409 e. The summed E-state index contributed by atoms with van der Waals surface area (Å²) in [6.07, 6.45) is 1.05. The molecule has 0 radical (unpaired) electrons. The lowest BCUT2D eigenvalue weighted by molar-refractivity contribution is -0.126. The molecule has 0 aromatic heterocycles. The molecule has 0 aliphatic carbocycles. The van der Waals surface area contributed by atoms with Crippen molar-refractivity contribution in [2.45, 2.75) is 26.3 Å². The number of piperidine rings is 1. The molecule has 0 saturated carbocycles. The van der Waals surface area contributed by atoms with Crippen LogP contribution in [0.15, 0.2) is 36.4 Å². The van der Waals surface area contributed by atoms with E-state index in [1.807, 2.05) is 30.3 Å². The van der Waals surface area contributed by atoms with Gasteiger partial charge >= 0.3 is 6.09 Å². The fraction of sp³-hybridized carbons (Fsp3) is 0.429. The second kappa shape index (κ2) is 8.75. The van der Waals surface area contributed by atoms with E-state index in [1.54, 1.807) is 18.9 Å². The standard InChI is InChI=1S/C21H26N2O4/c1-3-27-21(25)23-10-8-16(9-11-23)20(24)22-14-15-4-5-18-13-19(26-2)7-6-17(18)12-15/h4-7,12-13,16H,3,8-11,14H2,1-2H3,(H,22,24). The molecular formula is C21H26N2O4. The summed E-state index contributed by atoms with van der Waals surface area (Å²) in [7, 11) is 1.66. The first kappa shape index (κ1) is 19.0. The van der Waals surface area contributed by atoms with E-state index < -0.39 is 0 Å². The lowest BCUT2D eigenvalue weighted by Gasteiger charge is -2.30. The third-order valence-corrected chi connectivity index (χ3v) is 4.97. The van der Waals surface area contributed by atoms with E-state index in [-0.39, 0.29) is 17.9 Å². The van der Waals surface area contributed by atoms with Gasteiger partial charge in [0.05, 0.1) is 13.7 Å². The first-order chi connectivity index (χ1) is 13.1. The number of methoxy groups -OCH3 is 1. The highest BCUT2D eigenvalue weighted by Gasteiger charge is 2.27. The normalized spacial score (nSPS) is 14.8. The zero-order valence-electron chi connectivity index (χ0n) is 15.9. The summed E-state index contributed by atoms with van der Waals surface area (Å²) in [5, 5.41) is 5.25. The van der Waals surface area contributed by atoms with E-state index >= 15 is 0 Å². The van der Waals surface area contributed by atoms with E-state index in [2.05, 4.69) is 11.4 Å². The number of benzene rings is 2. The molecule has 1 fully saturated rings. The van der Waals surface area contributed by atoms with Crippen LogP contribution < -0.4 is 10.1 Å². The van der Waals surface area contributed by atoms with Crippen LogP contribution in [0.1, 0.15) is 25.3 Å². The molecular weight excluding hydrogens is 344 g/mol.